The first-order valence-electron chi connectivity index (χ1n) is 12.0. The summed E-state index contributed by atoms with van der Waals surface area (Å²) in [7, 11) is 1.41. The number of piperidine rings is 1. The van der Waals surface area contributed by atoms with Crippen molar-refractivity contribution in [2.45, 2.75) is 31.9 Å². The van der Waals surface area contributed by atoms with Crippen molar-refractivity contribution >= 4 is 5.97 Å². The minimum Gasteiger partial charge on any atom is -0.485 e. The van der Waals surface area contributed by atoms with Crippen LogP contribution in [0.1, 0.15) is 46.0 Å². The molecule has 1 atom stereocenters. The molecule has 3 aromatic carbocycles. The molecule has 2 heterocycles. The predicted molar refractivity (Wildman–Crippen MR) is 131 cm³/mol. The molecule has 2 aliphatic heterocycles. The highest BCUT2D eigenvalue weighted by molar-refractivity contribution is 5.89. The molecule has 5 nitrogen and oxygen atoms in total. The van der Waals surface area contributed by atoms with Crippen LogP contribution in [0.25, 0.3) is 0 Å². The van der Waals surface area contributed by atoms with Gasteiger partial charge < -0.3 is 14.2 Å². The van der Waals surface area contributed by atoms with Crippen molar-refractivity contribution in [1.82, 2.24) is 4.90 Å². The largest absolute Gasteiger partial charge is 0.485 e. The number of hydrogen-bond donors (Lipinski definition) is 0. The lowest BCUT2D eigenvalue weighted by molar-refractivity contribution is 0.0600. The van der Waals surface area contributed by atoms with Crippen molar-refractivity contribution in [3.05, 3.63) is 95.1 Å². The van der Waals surface area contributed by atoms with Gasteiger partial charge in [0.25, 0.3) is 0 Å². The third kappa shape index (κ3) is 5.26. The molecule has 0 aliphatic carbocycles. The first kappa shape index (κ1) is 22.5. The second-order valence-electron chi connectivity index (χ2n) is 9.22. The Kier molecular flexibility index (Phi) is 6.82. The number of carbonyl (C=O) groups excluding carboxylic acids is 1. The molecule has 34 heavy (non-hydrogen) atoms. The Morgan fingerprint density at radius 2 is 1.59 bits per heavy atom. The van der Waals surface area contributed by atoms with E-state index in [2.05, 4.69) is 41.3 Å². The fourth-order valence-corrected chi connectivity index (χ4v) is 4.86. The third-order valence-electron chi connectivity index (χ3n) is 6.87. The summed E-state index contributed by atoms with van der Waals surface area (Å²) in [4.78, 5) is 14.1. The highest BCUT2D eigenvalue weighted by Gasteiger charge is 2.23. The van der Waals surface area contributed by atoms with Crippen LogP contribution in [-0.4, -0.2) is 37.7 Å². The highest BCUT2D eigenvalue weighted by atomic mass is 16.6. The lowest BCUT2D eigenvalue weighted by atomic mass is 9.89. The number of benzene rings is 3. The molecular weight excluding hydrogens is 426 g/mol. The predicted octanol–water partition coefficient (Wildman–Crippen LogP) is 5.44. The monoisotopic (exact) mass is 457 g/mol. The number of methoxy groups -OCH3 is 1. The summed E-state index contributed by atoms with van der Waals surface area (Å²) < 4.78 is 16.8. The standard InChI is InChI=1S/C29H31NO4/c1-32-29(31)25-12-6-21(7-13-25)18-22-14-16-30(17-15-22)19-23-8-10-24(11-9-23)28-20-33-26-4-2-3-5-27(26)34-28/h2-13,22,28H,14-20H2,1H3/t28-/m1/s1. The van der Waals surface area contributed by atoms with Crippen LogP contribution in [0.15, 0.2) is 72.8 Å². The zero-order valence-electron chi connectivity index (χ0n) is 19.6. The first-order valence-corrected chi connectivity index (χ1v) is 12.0. The van der Waals surface area contributed by atoms with E-state index in [0.717, 1.165) is 43.1 Å². The first-order chi connectivity index (χ1) is 16.7. The fourth-order valence-electron chi connectivity index (χ4n) is 4.86. The van der Waals surface area contributed by atoms with E-state index < -0.39 is 0 Å². The molecular formula is C29H31NO4. The van der Waals surface area contributed by atoms with Crippen LogP contribution in [0, 0.1) is 5.92 Å². The fraction of sp³-hybridized carbons (Fsp3) is 0.345. The van der Waals surface area contributed by atoms with Crippen LogP contribution in [0.5, 0.6) is 11.5 Å². The SMILES string of the molecule is COC(=O)c1ccc(CC2CCN(Cc3ccc([C@H]4COc5ccccc5O4)cc3)CC2)cc1. The molecule has 176 valence electrons. The Labute approximate surface area is 201 Å². The Hall–Kier alpha value is -3.31. The van der Waals surface area contributed by atoms with Gasteiger partial charge in [-0.1, -0.05) is 48.5 Å². The van der Waals surface area contributed by atoms with Crippen LogP contribution in [0.2, 0.25) is 0 Å². The van der Waals surface area contributed by atoms with Crippen LogP contribution < -0.4 is 9.47 Å². The number of rotatable bonds is 6. The van der Waals surface area contributed by atoms with Crippen LogP contribution in [-0.2, 0) is 17.7 Å². The van der Waals surface area contributed by atoms with E-state index in [0.29, 0.717) is 18.1 Å². The van der Waals surface area contributed by atoms with Gasteiger partial charge >= 0.3 is 5.97 Å². The summed E-state index contributed by atoms with van der Waals surface area (Å²) in [6.07, 6.45) is 3.39. The summed E-state index contributed by atoms with van der Waals surface area (Å²) in [6.45, 7) is 3.74. The molecule has 0 saturated carbocycles. The summed E-state index contributed by atoms with van der Waals surface area (Å²) in [6, 6.07) is 24.4. The van der Waals surface area contributed by atoms with Gasteiger partial charge in [0.1, 0.15) is 6.61 Å². The molecule has 1 fully saturated rings. The molecule has 0 N–H and O–H groups in total. The summed E-state index contributed by atoms with van der Waals surface area (Å²) in [5, 5.41) is 0. The molecule has 0 unspecified atom stereocenters. The number of likely N-dealkylation sites (tertiary alicyclic amines) is 1. The molecule has 0 radical (unpaired) electrons. The number of nitrogens with zero attached hydrogens (tertiary/aromatic N) is 1. The van der Waals surface area contributed by atoms with Crippen LogP contribution >= 0.6 is 0 Å². The topological polar surface area (TPSA) is 48.0 Å². The Morgan fingerprint density at radius 3 is 2.29 bits per heavy atom. The van der Waals surface area contributed by atoms with Crippen LogP contribution in [0.4, 0.5) is 0 Å². The van der Waals surface area contributed by atoms with Crippen molar-refractivity contribution in [2.75, 3.05) is 26.8 Å². The third-order valence-corrected chi connectivity index (χ3v) is 6.87. The van der Waals surface area contributed by atoms with Gasteiger partial charge in [-0.3, -0.25) is 4.90 Å². The van der Waals surface area contributed by atoms with Gasteiger partial charge in [-0.2, -0.15) is 0 Å². The molecule has 5 rings (SSSR count). The summed E-state index contributed by atoms with van der Waals surface area (Å²) >= 11 is 0. The Morgan fingerprint density at radius 1 is 0.912 bits per heavy atom. The maximum atomic E-state index is 11.6. The molecule has 5 heteroatoms. The van der Waals surface area contributed by atoms with E-state index in [1.165, 1.54) is 31.1 Å². The second-order valence-corrected chi connectivity index (χ2v) is 9.22. The lowest BCUT2D eigenvalue weighted by Crippen LogP contribution is -2.33. The average Bonchev–Trinajstić information content (AvgIpc) is 2.90. The second kappa shape index (κ2) is 10.3. The van der Waals surface area contributed by atoms with E-state index in [1.54, 1.807) is 0 Å². The molecule has 0 amide bonds. The van der Waals surface area contributed by atoms with Gasteiger partial charge in [0.15, 0.2) is 17.6 Å². The normalized spacial score (nSPS) is 18.4. The number of hydrogen-bond acceptors (Lipinski definition) is 5. The van der Waals surface area contributed by atoms with Crippen molar-refractivity contribution in [3.8, 4) is 11.5 Å². The molecule has 2 aliphatic rings. The van der Waals surface area contributed by atoms with Gasteiger partial charge in [-0.05, 0) is 79.2 Å². The average molecular weight is 458 g/mol. The molecule has 3 aromatic rings. The van der Waals surface area contributed by atoms with E-state index >= 15 is 0 Å². The quantitative estimate of drug-likeness (QED) is 0.461. The zero-order chi connectivity index (χ0) is 23.3. The summed E-state index contributed by atoms with van der Waals surface area (Å²) in [5.74, 6) is 2.04. The Bertz CT molecular complexity index is 1100. The van der Waals surface area contributed by atoms with Gasteiger partial charge in [0, 0.05) is 6.54 Å². The molecule has 0 spiro atoms. The van der Waals surface area contributed by atoms with Crippen molar-refractivity contribution in [2.24, 2.45) is 5.92 Å². The van der Waals surface area contributed by atoms with E-state index in [-0.39, 0.29) is 12.1 Å². The van der Waals surface area contributed by atoms with Gasteiger partial charge in [0.05, 0.1) is 12.7 Å². The number of para-hydroxylation sites is 2. The van der Waals surface area contributed by atoms with E-state index in [4.69, 9.17) is 14.2 Å². The number of ether oxygens (including phenoxy) is 3. The lowest BCUT2D eigenvalue weighted by Gasteiger charge is -2.32. The molecule has 0 bridgehead atoms. The van der Waals surface area contributed by atoms with E-state index in [9.17, 15) is 4.79 Å². The summed E-state index contributed by atoms with van der Waals surface area (Å²) in [5.41, 5.74) is 4.38. The van der Waals surface area contributed by atoms with Gasteiger partial charge in [-0.15, -0.1) is 0 Å². The van der Waals surface area contributed by atoms with Crippen molar-refractivity contribution in [3.63, 3.8) is 0 Å². The molecule has 1 saturated heterocycles. The maximum Gasteiger partial charge on any atom is 0.337 e. The smallest absolute Gasteiger partial charge is 0.337 e. The minimum atomic E-state index is -0.280. The van der Waals surface area contributed by atoms with Crippen LogP contribution in [0.3, 0.4) is 0 Å². The molecule has 0 aromatic heterocycles. The minimum absolute atomic E-state index is 0.0682. The van der Waals surface area contributed by atoms with Crippen molar-refractivity contribution in [1.29, 1.82) is 0 Å². The van der Waals surface area contributed by atoms with Gasteiger partial charge in [0.2, 0.25) is 0 Å². The highest BCUT2D eigenvalue weighted by Crippen LogP contribution is 2.36. The number of fused-ring (bicyclic) bond motifs is 1. The Balaban J connectivity index is 1.10. The zero-order valence-corrected chi connectivity index (χ0v) is 19.6. The van der Waals surface area contributed by atoms with E-state index in [1.807, 2.05) is 36.4 Å². The number of carbonyl (C=O) groups is 1. The van der Waals surface area contributed by atoms with Gasteiger partial charge in [-0.25, -0.2) is 4.79 Å². The number of esters is 1. The maximum absolute atomic E-state index is 11.6. The van der Waals surface area contributed by atoms with Crippen molar-refractivity contribution < 1.29 is 19.0 Å².